The maximum Gasteiger partial charge on any atom is 0.349 e. The zero-order valence-corrected chi connectivity index (χ0v) is 18.7. The van der Waals surface area contributed by atoms with E-state index in [9.17, 15) is 26.8 Å². The average molecular weight is 529 g/mol. The lowest BCUT2D eigenvalue weighted by molar-refractivity contribution is 0.141. The second-order valence-corrected chi connectivity index (χ2v) is 9.30. The largest absolute Gasteiger partial charge is 0.495 e. The van der Waals surface area contributed by atoms with Gasteiger partial charge in [-0.15, -0.1) is 0 Å². The van der Waals surface area contributed by atoms with Gasteiger partial charge in [0.15, 0.2) is 11.4 Å². The number of benzene rings is 2. The van der Waals surface area contributed by atoms with Gasteiger partial charge in [-0.25, -0.2) is 22.0 Å². The van der Waals surface area contributed by atoms with Gasteiger partial charge in [-0.05, 0) is 24.3 Å². The summed E-state index contributed by atoms with van der Waals surface area (Å²) in [5.41, 5.74) is -3.75. The Bertz CT molecular complexity index is 1400. The van der Waals surface area contributed by atoms with Crippen molar-refractivity contribution in [1.29, 1.82) is 0 Å². The molecule has 0 fully saturated rings. The Hall–Kier alpha value is -2.67. The van der Waals surface area contributed by atoms with Crippen LogP contribution < -0.4 is 20.7 Å². The normalized spacial score (nSPS) is 11.6. The van der Waals surface area contributed by atoms with Crippen LogP contribution in [0.15, 0.2) is 44.8 Å². The van der Waals surface area contributed by atoms with Gasteiger partial charge in [0.05, 0.1) is 22.8 Å². The first-order valence-corrected chi connectivity index (χ1v) is 11.3. The van der Waals surface area contributed by atoms with Crippen molar-refractivity contribution in [2.75, 3.05) is 7.11 Å². The maximum absolute atomic E-state index is 13.0. The molecule has 32 heavy (non-hydrogen) atoms. The lowest BCUT2D eigenvalue weighted by Crippen LogP contribution is -2.34. The smallest absolute Gasteiger partial charge is 0.349 e. The summed E-state index contributed by atoms with van der Waals surface area (Å²) in [7, 11) is 2.47. The molecular weight excluding hydrogens is 519 g/mol. The predicted octanol–water partition coefficient (Wildman–Crippen LogP) is 3.89. The third-order valence-electron chi connectivity index (χ3n) is 3.91. The van der Waals surface area contributed by atoms with E-state index in [0.717, 1.165) is 18.2 Å². The second-order valence-electron chi connectivity index (χ2n) is 5.95. The molecule has 0 bridgehead atoms. The molecule has 0 atom stereocenters. The summed E-state index contributed by atoms with van der Waals surface area (Å²) in [6.07, 6.45) is -3.23. The van der Waals surface area contributed by atoms with Crippen LogP contribution in [0.25, 0.3) is 5.69 Å². The fraction of sp³-hybridized carbons (Fsp3) is 0.118. The van der Waals surface area contributed by atoms with Crippen molar-refractivity contribution >= 4 is 42.9 Å². The Balaban J connectivity index is 2.06. The number of alkyl halides is 2. The summed E-state index contributed by atoms with van der Waals surface area (Å²) in [5, 5.41) is 2.99. The topological polar surface area (TPSA) is 120 Å². The summed E-state index contributed by atoms with van der Waals surface area (Å²) in [6, 6.07) is 5.95. The van der Waals surface area contributed by atoms with E-state index in [1.54, 1.807) is 4.98 Å². The van der Waals surface area contributed by atoms with Gasteiger partial charge in [0, 0.05) is 16.7 Å². The van der Waals surface area contributed by atoms with Crippen LogP contribution in [0.2, 0.25) is 10.0 Å². The van der Waals surface area contributed by atoms with Crippen molar-refractivity contribution in [3.05, 3.63) is 66.9 Å². The Morgan fingerprint density at radius 3 is 2.28 bits per heavy atom. The zero-order chi connectivity index (χ0) is 23.8. The van der Waals surface area contributed by atoms with Crippen molar-refractivity contribution in [3.63, 3.8) is 0 Å². The number of ether oxygens (including phenoxy) is 2. The number of hydrogen-bond donors (Lipinski definition) is 1. The molecule has 1 aromatic heterocycles. The van der Waals surface area contributed by atoms with Gasteiger partial charge in [0.25, 0.3) is 21.0 Å². The monoisotopic (exact) mass is 527 g/mol. The van der Waals surface area contributed by atoms with Gasteiger partial charge in [-0.3, -0.25) is 9.78 Å². The first kappa shape index (κ1) is 24.0. The summed E-state index contributed by atoms with van der Waals surface area (Å²) >= 11 is 12.3. The molecule has 0 aliphatic heterocycles. The van der Waals surface area contributed by atoms with Crippen LogP contribution in [0.5, 0.6) is 17.2 Å². The Morgan fingerprint density at radius 1 is 1.12 bits per heavy atom. The SMILES string of the molecule is COc1ccc(Oc2c(Cl)cc(-n3nc(C(F)F)c(=O)[nH]c3=O)cc2Cl)cc1S(=O)(=O)Cl. The zero-order valence-electron chi connectivity index (χ0n) is 15.6. The number of methoxy groups -OCH3 is 1. The highest BCUT2D eigenvalue weighted by Crippen LogP contribution is 2.40. The lowest BCUT2D eigenvalue weighted by Gasteiger charge is -2.14. The predicted molar refractivity (Wildman–Crippen MR) is 112 cm³/mol. The molecule has 3 rings (SSSR count). The van der Waals surface area contributed by atoms with Crippen molar-refractivity contribution in [3.8, 4) is 22.9 Å². The van der Waals surface area contributed by atoms with E-state index < -0.39 is 32.4 Å². The molecule has 0 aliphatic rings. The minimum absolute atomic E-state index is 0.0269. The Kier molecular flexibility index (Phi) is 6.79. The minimum atomic E-state index is -4.18. The molecule has 0 aliphatic carbocycles. The Labute approximate surface area is 192 Å². The molecule has 9 nitrogen and oxygen atoms in total. The highest BCUT2D eigenvalue weighted by Gasteiger charge is 2.21. The summed E-state index contributed by atoms with van der Waals surface area (Å²) < 4.78 is 60.4. The van der Waals surface area contributed by atoms with E-state index in [1.165, 1.54) is 19.2 Å². The molecule has 0 amide bonds. The molecule has 1 N–H and O–H groups in total. The molecule has 15 heteroatoms. The van der Waals surface area contributed by atoms with Crippen LogP contribution in [0.4, 0.5) is 8.78 Å². The van der Waals surface area contributed by atoms with Crippen LogP contribution >= 0.6 is 33.9 Å². The molecule has 3 aromatic rings. The molecule has 0 radical (unpaired) electrons. The summed E-state index contributed by atoms with van der Waals surface area (Å²) in [4.78, 5) is 24.8. The first-order valence-electron chi connectivity index (χ1n) is 8.24. The fourth-order valence-electron chi connectivity index (χ4n) is 2.53. The summed E-state index contributed by atoms with van der Waals surface area (Å²) in [5.74, 6) is -0.203. The number of aromatic amines is 1. The van der Waals surface area contributed by atoms with E-state index in [-0.39, 0.29) is 37.9 Å². The number of H-pyrrole nitrogens is 1. The fourth-order valence-corrected chi connectivity index (χ4v) is 4.09. The standard InChI is InChI=1S/C17H10Cl3F2N3O6S/c1-30-11-3-2-8(6-12(11)32(20,28)29)31-14-9(18)4-7(5-10(14)19)25-17(27)23-16(26)13(24-25)15(21)22/h2-6,15H,1H3,(H,23,26,27). The number of nitrogens with one attached hydrogen (secondary N) is 1. The molecule has 0 saturated heterocycles. The van der Waals surface area contributed by atoms with Crippen molar-refractivity contribution in [1.82, 2.24) is 14.8 Å². The van der Waals surface area contributed by atoms with Gasteiger partial charge in [-0.1, -0.05) is 23.2 Å². The highest BCUT2D eigenvalue weighted by molar-refractivity contribution is 8.13. The molecule has 0 unspecified atom stereocenters. The van der Waals surface area contributed by atoms with Crippen LogP contribution in [-0.4, -0.2) is 30.3 Å². The van der Waals surface area contributed by atoms with Gasteiger partial charge in [0.2, 0.25) is 0 Å². The second kappa shape index (κ2) is 9.06. The quantitative estimate of drug-likeness (QED) is 0.482. The number of rotatable bonds is 6. The molecule has 0 saturated carbocycles. The van der Waals surface area contributed by atoms with E-state index >= 15 is 0 Å². The number of aromatic nitrogens is 3. The third-order valence-corrected chi connectivity index (χ3v) is 5.81. The van der Waals surface area contributed by atoms with Crippen LogP contribution in [0.3, 0.4) is 0 Å². The van der Waals surface area contributed by atoms with E-state index in [2.05, 4.69) is 5.10 Å². The molecule has 170 valence electrons. The van der Waals surface area contributed by atoms with Gasteiger partial charge < -0.3 is 9.47 Å². The molecule has 1 heterocycles. The van der Waals surface area contributed by atoms with Crippen LogP contribution in [0, 0.1) is 0 Å². The van der Waals surface area contributed by atoms with E-state index in [1.807, 2.05) is 0 Å². The van der Waals surface area contributed by atoms with Crippen molar-refractivity contribution in [2.24, 2.45) is 0 Å². The van der Waals surface area contributed by atoms with Crippen molar-refractivity contribution < 1.29 is 26.7 Å². The summed E-state index contributed by atoms with van der Waals surface area (Å²) in [6.45, 7) is 0. The van der Waals surface area contributed by atoms with Crippen molar-refractivity contribution in [2.45, 2.75) is 11.3 Å². The molecule has 2 aromatic carbocycles. The Morgan fingerprint density at radius 2 is 1.75 bits per heavy atom. The maximum atomic E-state index is 13.0. The number of nitrogens with zero attached hydrogens (tertiary/aromatic N) is 2. The van der Waals surface area contributed by atoms with Gasteiger partial charge in [-0.2, -0.15) is 9.78 Å². The average Bonchev–Trinajstić information content (AvgIpc) is 2.69. The first-order chi connectivity index (χ1) is 14.9. The van der Waals surface area contributed by atoms with Crippen LogP contribution in [-0.2, 0) is 9.05 Å². The third kappa shape index (κ3) is 4.88. The van der Waals surface area contributed by atoms with E-state index in [4.69, 9.17) is 43.4 Å². The number of halogens is 5. The van der Waals surface area contributed by atoms with Gasteiger partial charge >= 0.3 is 5.69 Å². The van der Waals surface area contributed by atoms with Crippen LogP contribution in [0.1, 0.15) is 12.1 Å². The highest BCUT2D eigenvalue weighted by atomic mass is 35.7. The number of hydrogen-bond acceptors (Lipinski definition) is 7. The van der Waals surface area contributed by atoms with E-state index in [0.29, 0.717) is 4.68 Å². The molecular formula is C17H10Cl3F2N3O6S. The molecule has 0 spiro atoms. The minimum Gasteiger partial charge on any atom is -0.495 e. The van der Waals surface area contributed by atoms with Gasteiger partial charge in [0.1, 0.15) is 16.4 Å². The lowest BCUT2D eigenvalue weighted by atomic mass is 10.3.